The molecular formula is C44H63N5O8S. The van der Waals surface area contributed by atoms with E-state index in [1.807, 2.05) is 39.8 Å². The number of ether oxygens (including phenoxy) is 4. The van der Waals surface area contributed by atoms with Crippen molar-refractivity contribution in [2.75, 3.05) is 13.7 Å². The number of likely N-dealkylation sites (tertiary alicyclic amines) is 1. The number of hydrogen-bond donors (Lipinski definition) is 2. The molecular weight excluding hydrogens is 759 g/mol. The molecule has 58 heavy (non-hydrogen) atoms. The summed E-state index contributed by atoms with van der Waals surface area (Å²) in [5, 5.41) is 5.65. The van der Waals surface area contributed by atoms with Gasteiger partial charge in [-0.3, -0.25) is 14.4 Å². The number of methoxy groups -OCH3 is 1. The highest BCUT2D eigenvalue weighted by Gasteiger charge is 2.46. The van der Waals surface area contributed by atoms with E-state index in [4.69, 9.17) is 23.9 Å². The molecule has 1 aromatic carbocycles. The molecule has 3 aliphatic rings. The molecule has 2 aliphatic carbocycles. The van der Waals surface area contributed by atoms with E-state index >= 15 is 0 Å². The molecule has 1 aromatic heterocycles. The van der Waals surface area contributed by atoms with Crippen molar-refractivity contribution in [3.05, 3.63) is 35.9 Å². The van der Waals surface area contributed by atoms with Gasteiger partial charge in [0, 0.05) is 34.1 Å². The Hall–Kier alpha value is -4.46. The number of fused-ring (bicyclic) bond motifs is 1. The standard InChI is InChI=1S/C44H63N5O8S/c1-11-58(44(8)21-22-44)48-39(50)32-23-29(32)17-15-13-12-14-16-18-33(46-42(53)57-43(5,6)7)41(52)49-26-30(24-34(49)40(51)45-9)56-36-25-37(55-27(2)3)47-38-28(4)35(54-10)20-19-31(36)38/h11,15,17,19-20,25,27,29-30,32-34H,9,12-14,16,18,21-24,26H2,1-8,10H3,(H,46,53)(H,48,50)/b17-15-/t29-,30-,32?,33+,34+,58?/m1/s1. The highest BCUT2D eigenvalue weighted by atomic mass is 32.2. The average Bonchev–Trinajstić information content (AvgIpc) is 4.07. The fraction of sp³-hybridized carbons (Fsp3) is 0.614. The summed E-state index contributed by atoms with van der Waals surface area (Å²) in [5.74, 6) is 1.06. The van der Waals surface area contributed by atoms with Crippen molar-refractivity contribution in [1.82, 2.24) is 19.9 Å². The summed E-state index contributed by atoms with van der Waals surface area (Å²) >= 11 is 0. The van der Waals surface area contributed by atoms with Crippen LogP contribution in [0.25, 0.3) is 10.9 Å². The van der Waals surface area contributed by atoms with Gasteiger partial charge in [-0.25, -0.2) is 14.8 Å². The number of carbonyl (C=O) groups excluding carboxylic acids is 4. The molecule has 2 N–H and O–H groups in total. The molecule has 3 fully saturated rings. The SMILES string of the molecule is C=NC(=O)[C@@H]1C[C@@H](Oc2cc(OC(C)C)nc3c(C)c(OC)ccc23)CN1C(=O)[C@H](CCCCC/C=C\[C@@H]1CC1C(=O)N/S(=C/C)C1(C)CC1)NC(=O)OC(C)(C)C. The predicted molar refractivity (Wildman–Crippen MR) is 230 cm³/mol. The van der Waals surface area contributed by atoms with Crippen molar-refractivity contribution in [2.45, 2.75) is 148 Å². The number of aryl methyl sites for hydroxylation is 1. The number of nitrogens with one attached hydrogen (secondary N) is 2. The van der Waals surface area contributed by atoms with Gasteiger partial charge in [0.15, 0.2) is 0 Å². The van der Waals surface area contributed by atoms with E-state index in [1.54, 1.807) is 33.9 Å². The van der Waals surface area contributed by atoms with Crippen molar-refractivity contribution in [3.8, 4) is 17.4 Å². The molecule has 2 saturated carbocycles. The monoisotopic (exact) mass is 821 g/mol. The van der Waals surface area contributed by atoms with Crippen molar-refractivity contribution in [3.63, 3.8) is 0 Å². The van der Waals surface area contributed by atoms with E-state index < -0.39 is 41.7 Å². The third kappa shape index (κ3) is 11.6. The van der Waals surface area contributed by atoms with E-state index in [9.17, 15) is 19.2 Å². The maximum Gasteiger partial charge on any atom is 0.408 e. The Morgan fingerprint density at radius 1 is 1.12 bits per heavy atom. The largest absolute Gasteiger partial charge is 0.496 e. The Morgan fingerprint density at radius 3 is 2.50 bits per heavy atom. The van der Waals surface area contributed by atoms with Crippen LogP contribution in [0.1, 0.15) is 112 Å². The number of nitrogens with zero attached hydrogens (tertiary/aromatic N) is 3. The summed E-state index contributed by atoms with van der Waals surface area (Å²) in [6.07, 6.45) is 9.81. The predicted octanol–water partition coefficient (Wildman–Crippen LogP) is 7.63. The number of amides is 4. The van der Waals surface area contributed by atoms with Crippen LogP contribution in [0.2, 0.25) is 0 Å². The Labute approximate surface area is 346 Å². The number of hydrogen-bond acceptors (Lipinski definition) is 9. The first kappa shape index (κ1) is 44.6. The van der Waals surface area contributed by atoms with Gasteiger partial charge in [0.2, 0.25) is 17.7 Å². The number of pyridine rings is 1. The number of allylic oxidation sites excluding steroid dienone is 2. The lowest BCUT2D eigenvalue weighted by molar-refractivity contribution is -0.139. The number of alkyl carbamates (subject to hydrolysis) is 1. The molecule has 0 spiro atoms. The quantitative estimate of drug-likeness (QED) is 0.0668. The number of aliphatic imine (C=N–C) groups is 1. The van der Waals surface area contributed by atoms with Gasteiger partial charge >= 0.3 is 6.09 Å². The molecule has 6 atom stereocenters. The molecule has 1 aliphatic heterocycles. The first-order valence-corrected chi connectivity index (χ1v) is 21.9. The van der Waals surface area contributed by atoms with Crippen molar-refractivity contribution < 1.29 is 38.1 Å². The molecule has 0 radical (unpaired) electrons. The topological polar surface area (TPSA) is 158 Å². The van der Waals surface area contributed by atoms with Crippen molar-refractivity contribution in [1.29, 1.82) is 0 Å². The summed E-state index contributed by atoms with van der Waals surface area (Å²) in [6.45, 7) is 18.8. The summed E-state index contributed by atoms with van der Waals surface area (Å²) in [4.78, 5) is 63.2. The van der Waals surface area contributed by atoms with Gasteiger partial charge in [-0.05, 0) is 124 Å². The number of rotatable bonds is 18. The third-order valence-corrected chi connectivity index (χ3v) is 13.2. The van der Waals surface area contributed by atoms with Crippen molar-refractivity contribution in [2.24, 2.45) is 16.8 Å². The number of unbranched alkanes of at least 4 members (excludes halogenated alkanes) is 3. The lowest BCUT2D eigenvalue weighted by atomic mass is 10.0. The second-order valence-electron chi connectivity index (χ2n) is 17.2. The molecule has 1 saturated heterocycles. The first-order valence-electron chi connectivity index (χ1n) is 20.6. The van der Waals surface area contributed by atoms with Gasteiger partial charge in [0.1, 0.15) is 35.3 Å². The first-order chi connectivity index (χ1) is 27.5. The van der Waals surface area contributed by atoms with Gasteiger partial charge in [0.05, 0.1) is 25.3 Å². The van der Waals surface area contributed by atoms with Gasteiger partial charge in [-0.2, -0.15) is 0 Å². The third-order valence-electron chi connectivity index (χ3n) is 10.8. The van der Waals surface area contributed by atoms with Crippen LogP contribution in [0, 0.1) is 18.8 Å². The smallest absolute Gasteiger partial charge is 0.408 e. The zero-order valence-corrected chi connectivity index (χ0v) is 36.5. The van der Waals surface area contributed by atoms with Crippen LogP contribution in [0.3, 0.4) is 0 Å². The maximum atomic E-state index is 14.4. The van der Waals surface area contributed by atoms with Crippen LogP contribution in [-0.2, 0) is 19.1 Å². The molecule has 14 heteroatoms. The van der Waals surface area contributed by atoms with E-state index in [0.717, 1.165) is 36.6 Å². The van der Waals surface area contributed by atoms with Crippen molar-refractivity contribution >= 4 is 57.5 Å². The highest BCUT2D eigenvalue weighted by Crippen LogP contribution is 2.51. The Bertz CT molecular complexity index is 1920. The molecule has 4 amide bonds. The van der Waals surface area contributed by atoms with E-state index in [0.29, 0.717) is 35.7 Å². The summed E-state index contributed by atoms with van der Waals surface area (Å²) in [6, 6.07) is 3.56. The van der Waals surface area contributed by atoms with E-state index in [-0.39, 0.29) is 52.2 Å². The molecule has 2 aromatic rings. The van der Waals surface area contributed by atoms with Gasteiger partial charge in [-0.1, -0.05) is 35.7 Å². The van der Waals surface area contributed by atoms with Crippen LogP contribution >= 0.6 is 10.7 Å². The lowest BCUT2D eigenvalue weighted by Gasteiger charge is -2.28. The minimum absolute atomic E-state index is 0.0514. The van der Waals surface area contributed by atoms with Crippen LogP contribution in [-0.4, -0.2) is 94.1 Å². The molecule has 318 valence electrons. The summed E-state index contributed by atoms with van der Waals surface area (Å²) < 4.78 is 27.1. The number of carbonyl (C=O) groups is 4. The lowest BCUT2D eigenvalue weighted by Crippen LogP contribution is -2.52. The van der Waals surface area contributed by atoms with Crippen LogP contribution in [0.4, 0.5) is 4.79 Å². The molecule has 2 unspecified atom stereocenters. The highest BCUT2D eigenvalue weighted by molar-refractivity contribution is 8.15. The zero-order valence-electron chi connectivity index (χ0n) is 35.7. The van der Waals surface area contributed by atoms with Crippen LogP contribution < -0.4 is 24.2 Å². The summed E-state index contributed by atoms with van der Waals surface area (Å²) in [7, 11) is 1.43. The average molecular weight is 822 g/mol. The zero-order chi connectivity index (χ0) is 42.4. The minimum Gasteiger partial charge on any atom is -0.496 e. The Morgan fingerprint density at radius 2 is 1.86 bits per heavy atom. The number of aromatic nitrogens is 1. The Kier molecular flexibility index (Phi) is 14.7. The van der Waals surface area contributed by atoms with Gasteiger partial charge in [-0.15, -0.1) is 0 Å². The second-order valence-corrected chi connectivity index (χ2v) is 19.5. The van der Waals surface area contributed by atoms with E-state index in [1.165, 1.54) is 17.7 Å². The van der Waals surface area contributed by atoms with E-state index in [2.05, 4.69) is 46.2 Å². The molecule has 2 heterocycles. The molecule has 0 bridgehead atoms. The number of benzene rings is 1. The fourth-order valence-corrected chi connectivity index (χ4v) is 9.21. The minimum atomic E-state index is -0.944. The molecule has 5 rings (SSSR count). The van der Waals surface area contributed by atoms with Gasteiger partial charge in [0.25, 0.3) is 5.91 Å². The maximum absolute atomic E-state index is 14.4. The van der Waals surface area contributed by atoms with Crippen LogP contribution in [0.5, 0.6) is 17.4 Å². The molecule has 13 nitrogen and oxygen atoms in total. The van der Waals surface area contributed by atoms with Crippen LogP contribution in [0.15, 0.2) is 35.3 Å². The fourth-order valence-electron chi connectivity index (χ4n) is 7.36. The normalized spacial score (nSPS) is 22.1. The summed E-state index contributed by atoms with van der Waals surface area (Å²) in [5.41, 5.74) is 0.693. The van der Waals surface area contributed by atoms with Gasteiger partial charge < -0.3 is 33.9 Å². The Balaban J connectivity index is 1.23. The second kappa shape index (κ2) is 19.1.